The predicted molar refractivity (Wildman–Crippen MR) is 69.5 cm³/mol. The number of hydrogen-bond donors (Lipinski definition) is 3. The average Bonchev–Trinajstić information content (AvgIpc) is 2.24. The molecular formula is C11H14Cl2N2O2. The first-order chi connectivity index (χ1) is 7.91. The Labute approximate surface area is 110 Å². The molecule has 4 N–H and O–H groups in total. The van der Waals surface area contributed by atoms with Crippen LogP contribution in [0, 0.1) is 0 Å². The van der Waals surface area contributed by atoms with Crippen LogP contribution in [0.25, 0.3) is 0 Å². The van der Waals surface area contributed by atoms with Crippen LogP contribution in [0.3, 0.4) is 0 Å². The summed E-state index contributed by atoms with van der Waals surface area (Å²) in [5.74, 6) is -0.297. The SMILES string of the molecule is CC(O)CCNC(=O)c1cc(Cl)c(N)c(Cl)c1. The number of anilines is 1. The van der Waals surface area contributed by atoms with Gasteiger partial charge in [0.1, 0.15) is 0 Å². The molecule has 1 rings (SSSR count). The molecule has 94 valence electrons. The summed E-state index contributed by atoms with van der Waals surface area (Å²) in [6.45, 7) is 2.04. The molecule has 1 atom stereocenters. The number of nitrogens with one attached hydrogen (secondary N) is 1. The van der Waals surface area contributed by atoms with E-state index >= 15 is 0 Å². The number of aliphatic hydroxyl groups excluding tert-OH is 1. The lowest BCUT2D eigenvalue weighted by atomic mass is 10.2. The third-order valence-corrected chi connectivity index (χ3v) is 2.81. The molecule has 1 aromatic rings. The van der Waals surface area contributed by atoms with Crippen molar-refractivity contribution < 1.29 is 9.90 Å². The number of hydrogen-bond acceptors (Lipinski definition) is 3. The molecule has 6 heteroatoms. The lowest BCUT2D eigenvalue weighted by Crippen LogP contribution is -2.26. The summed E-state index contributed by atoms with van der Waals surface area (Å²) in [6, 6.07) is 2.92. The molecule has 17 heavy (non-hydrogen) atoms. The highest BCUT2D eigenvalue weighted by Gasteiger charge is 2.10. The van der Waals surface area contributed by atoms with Gasteiger partial charge in [-0.2, -0.15) is 0 Å². The Bertz CT molecular complexity index is 399. The van der Waals surface area contributed by atoms with Crippen molar-refractivity contribution in [1.82, 2.24) is 5.32 Å². The Morgan fingerprint density at radius 1 is 1.47 bits per heavy atom. The number of benzene rings is 1. The Kier molecular flexibility index (Phi) is 5.05. The highest BCUT2D eigenvalue weighted by atomic mass is 35.5. The van der Waals surface area contributed by atoms with Gasteiger partial charge in [-0.25, -0.2) is 0 Å². The monoisotopic (exact) mass is 276 g/mol. The number of nitrogens with two attached hydrogens (primary N) is 1. The van der Waals surface area contributed by atoms with Crippen LogP contribution in [-0.2, 0) is 0 Å². The number of rotatable bonds is 4. The quantitative estimate of drug-likeness (QED) is 0.737. The molecule has 0 aromatic heterocycles. The van der Waals surface area contributed by atoms with Gasteiger partial charge >= 0.3 is 0 Å². The van der Waals surface area contributed by atoms with E-state index < -0.39 is 6.10 Å². The van der Waals surface area contributed by atoms with Crippen molar-refractivity contribution >= 4 is 34.8 Å². The van der Waals surface area contributed by atoms with Gasteiger partial charge in [-0.15, -0.1) is 0 Å². The van der Waals surface area contributed by atoms with Crippen molar-refractivity contribution in [2.24, 2.45) is 0 Å². The van der Waals surface area contributed by atoms with E-state index in [1.165, 1.54) is 12.1 Å². The minimum atomic E-state index is -0.450. The second-order valence-electron chi connectivity index (χ2n) is 3.75. The molecule has 0 radical (unpaired) electrons. The minimum absolute atomic E-state index is 0.248. The maximum Gasteiger partial charge on any atom is 0.251 e. The first-order valence-electron chi connectivity index (χ1n) is 5.12. The molecule has 0 bridgehead atoms. The second-order valence-corrected chi connectivity index (χ2v) is 4.56. The van der Waals surface area contributed by atoms with Gasteiger partial charge in [-0.3, -0.25) is 4.79 Å². The largest absolute Gasteiger partial charge is 0.396 e. The maximum atomic E-state index is 11.7. The zero-order chi connectivity index (χ0) is 13.0. The Balaban J connectivity index is 2.70. The number of aliphatic hydroxyl groups is 1. The van der Waals surface area contributed by atoms with Crippen LogP contribution in [0.5, 0.6) is 0 Å². The van der Waals surface area contributed by atoms with Crippen LogP contribution in [0.2, 0.25) is 10.0 Å². The van der Waals surface area contributed by atoms with Gasteiger partial charge in [0.15, 0.2) is 0 Å². The smallest absolute Gasteiger partial charge is 0.251 e. The minimum Gasteiger partial charge on any atom is -0.396 e. The van der Waals surface area contributed by atoms with Gasteiger partial charge in [0.25, 0.3) is 5.91 Å². The molecular weight excluding hydrogens is 263 g/mol. The molecule has 0 aliphatic rings. The molecule has 0 fully saturated rings. The van der Waals surface area contributed by atoms with Gasteiger partial charge < -0.3 is 16.2 Å². The summed E-state index contributed by atoms with van der Waals surface area (Å²) in [4.78, 5) is 11.7. The van der Waals surface area contributed by atoms with Gasteiger partial charge in [0.05, 0.1) is 21.8 Å². The van der Waals surface area contributed by atoms with E-state index in [4.69, 9.17) is 34.0 Å². The third-order valence-electron chi connectivity index (χ3n) is 2.19. The molecule has 0 heterocycles. The first kappa shape index (κ1) is 14.1. The van der Waals surface area contributed by atoms with Gasteiger partial charge in [-0.1, -0.05) is 23.2 Å². The zero-order valence-electron chi connectivity index (χ0n) is 9.34. The summed E-state index contributed by atoms with van der Waals surface area (Å²) in [6.07, 6.45) is 0.0382. The molecule has 1 unspecified atom stereocenters. The Hall–Kier alpha value is -0.970. The van der Waals surface area contributed by atoms with E-state index in [1.807, 2.05) is 0 Å². The summed E-state index contributed by atoms with van der Waals surface area (Å²) in [5, 5.41) is 12.2. The zero-order valence-corrected chi connectivity index (χ0v) is 10.8. The number of halogens is 2. The second kappa shape index (κ2) is 6.10. The topological polar surface area (TPSA) is 75.3 Å². The standard InChI is InChI=1S/C11H14Cl2N2O2/c1-6(16)2-3-15-11(17)7-4-8(12)10(14)9(13)5-7/h4-6,16H,2-3,14H2,1H3,(H,15,17). The number of carbonyl (C=O) groups excluding carboxylic acids is 1. The molecule has 0 aliphatic heterocycles. The predicted octanol–water partition coefficient (Wildman–Crippen LogP) is 2.08. The van der Waals surface area contributed by atoms with E-state index in [0.29, 0.717) is 18.5 Å². The van der Waals surface area contributed by atoms with Gasteiger partial charge in [0, 0.05) is 12.1 Å². The molecule has 0 spiro atoms. The number of carbonyl (C=O) groups is 1. The molecule has 4 nitrogen and oxygen atoms in total. The number of nitrogen functional groups attached to an aromatic ring is 1. The number of amides is 1. The average molecular weight is 277 g/mol. The van der Waals surface area contributed by atoms with Gasteiger partial charge in [0.2, 0.25) is 0 Å². The first-order valence-corrected chi connectivity index (χ1v) is 5.88. The van der Waals surface area contributed by atoms with Gasteiger partial charge in [-0.05, 0) is 25.5 Å². The van der Waals surface area contributed by atoms with Crippen LogP contribution >= 0.6 is 23.2 Å². The van der Waals surface area contributed by atoms with Crippen molar-refractivity contribution in [3.8, 4) is 0 Å². The Morgan fingerprint density at radius 2 is 2.00 bits per heavy atom. The van der Waals surface area contributed by atoms with Crippen LogP contribution in [0.1, 0.15) is 23.7 Å². The highest BCUT2D eigenvalue weighted by molar-refractivity contribution is 6.39. The lowest BCUT2D eigenvalue weighted by Gasteiger charge is -2.08. The van der Waals surface area contributed by atoms with Crippen molar-refractivity contribution in [2.45, 2.75) is 19.4 Å². The molecule has 1 amide bonds. The van der Waals surface area contributed by atoms with E-state index in [2.05, 4.69) is 5.32 Å². The van der Waals surface area contributed by atoms with Crippen LogP contribution in [0.4, 0.5) is 5.69 Å². The fraction of sp³-hybridized carbons (Fsp3) is 0.364. The van der Waals surface area contributed by atoms with Crippen molar-refractivity contribution in [1.29, 1.82) is 0 Å². The van der Waals surface area contributed by atoms with E-state index in [-0.39, 0.29) is 21.6 Å². The van der Waals surface area contributed by atoms with Crippen LogP contribution in [-0.4, -0.2) is 23.7 Å². The van der Waals surface area contributed by atoms with E-state index in [9.17, 15) is 4.79 Å². The molecule has 0 aliphatic carbocycles. The summed E-state index contributed by atoms with van der Waals surface area (Å²) >= 11 is 11.6. The summed E-state index contributed by atoms with van der Waals surface area (Å²) in [7, 11) is 0. The van der Waals surface area contributed by atoms with Crippen LogP contribution in [0.15, 0.2) is 12.1 Å². The van der Waals surface area contributed by atoms with E-state index in [0.717, 1.165) is 0 Å². The molecule has 0 saturated carbocycles. The van der Waals surface area contributed by atoms with Crippen LogP contribution < -0.4 is 11.1 Å². The Morgan fingerprint density at radius 3 is 2.47 bits per heavy atom. The normalized spacial score (nSPS) is 12.2. The van der Waals surface area contributed by atoms with E-state index in [1.54, 1.807) is 6.92 Å². The molecule has 0 saturated heterocycles. The fourth-order valence-corrected chi connectivity index (χ4v) is 1.70. The lowest BCUT2D eigenvalue weighted by molar-refractivity contribution is 0.0945. The fourth-order valence-electron chi connectivity index (χ4n) is 1.21. The summed E-state index contributed by atoms with van der Waals surface area (Å²) in [5.41, 5.74) is 6.17. The maximum absolute atomic E-state index is 11.7. The van der Waals surface area contributed by atoms with Crippen molar-refractivity contribution in [2.75, 3.05) is 12.3 Å². The molecule has 1 aromatic carbocycles. The summed E-state index contributed by atoms with van der Waals surface area (Å²) < 4.78 is 0. The van der Waals surface area contributed by atoms with Crippen molar-refractivity contribution in [3.05, 3.63) is 27.7 Å². The van der Waals surface area contributed by atoms with Crippen molar-refractivity contribution in [3.63, 3.8) is 0 Å². The highest BCUT2D eigenvalue weighted by Crippen LogP contribution is 2.28. The third kappa shape index (κ3) is 4.07.